The van der Waals surface area contributed by atoms with Gasteiger partial charge in [-0.2, -0.15) is 0 Å². The standard InChI is InChI=1S/C9H16O4/c1-8(2)13-9(5-10)6-11-3-4-12-7-9/h5,8H,3-4,6-7H2,1-2H3. The Bertz CT molecular complexity index is 159. The Morgan fingerprint density at radius 3 is 2.23 bits per heavy atom. The summed E-state index contributed by atoms with van der Waals surface area (Å²) in [4.78, 5) is 10.9. The number of hydrogen-bond acceptors (Lipinski definition) is 4. The van der Waals surface area contributed by atoms with Gasteiger partial charge in [0.2, 0.25) is 0 Å². The lowest BCUT2D eigenvalue weighted by molar-refractivity contribution is -0.153. The maximum Gasteiger partial charge on any atom is 0.170 e. The number of rotatable bonds is 3. The molecule has 76 valence electrons. The summed E-state index contributed by atoms with van der Waals surface area (Å²) in [5.41, 5.74) is -0.898. The van der Waals surface area contributed by atoms with Crippen molar-refractivity contribution >= 4 is 6.29 Å². The van der Waals surface area contributed by atoms with Crippen LogP contribution in [-0.2, 0) is 19.0 Å². The van der Waals surface area contributed by atoms with E-state index in [1.165, 1.54) is 0 Å². The smallest absolute Gasteiger partial charge is 0.170 e. The molecule has 13 heavy (non-hydrogen) atoms. The highest BCUT2D eigenvalue weighted by molar-refractivity contribution is 5.63. The SMILES string of the molecule is CC(C)OC1(C=O)COCCOC1. The van der Waals surface area contributed by atoms with Crippen molar-refractivity contribution in [2.45, 2.75) is 25.6 Å². The average molecular weight is 188 g/mol. The molecule has 4 heteroatoms. The molecular weight excluding hydrogens is 172 g/mol. The zero-order chi connectivity index (χ0) is 9.73. The van der Waals surface area contributed by atoms with Gasteiger partial charge < -0.3 is 14.2 Å². The Morgan fingerprint density at radius 2 is 1.85 bits per heavy atom. The van der Waals surface area contributed by atoms with Crippen molar-refractivity contribution in [2.24, 2.45) is 0 Å². The Kier molecular flexibility index (Phi) is 3.84. The molecule has 1 aliphatic rings. The van der Waals surface area contributed by atoms with Crippen molar-refractivity contribution in [1.82, 2.24) is 0 Å². The monoisotopic (exact) mass is 188 g/mol. The predicted molar refractivity (Wildman–Crippen MR) is 46.7 cm³/mol. The summed E-state index contributed by atoms with van der Waals surface area (Å²) in [6.45, 7) is 5.39. The molecule has 0 aliphatic carbocycles. The second-order valence-corrected chi connectivity index (χ2v) is 3.45. The fraction of sp³-hybridized carbons (Fsp3) is 0.889. The molecule has 0 saturated carbocycles. The van der Waals surface area contributed by atoms with E-state index in [1.807, 2.05) is 13.8 Å². The molecule has 1 fully saturated rings. The van der Waals surface area contributed by atoms with Crippen molar-refractivity contribution in [3.63, 3.8) is 0 Å². The van der Waals surface area contributed by atoms with Crippen molar-refractivity contribution in [2.75, 3.05) is 26.4 Å². The molecule has 4 nitrogen and oxygen atoms in total. The summed E-state index contributed by atoms with van der Waals surface area (Å²) in [7, 11) is 0. The second-order valence-electron chi connectivity index (χ2n) is 3.45. The summed E-state index contributed by atoms with van der Waals surface area (Å²) in [6.07, 6.45) is 0.772. The summed E-state index contributed by atoms with van der Waals surface area (Å²) in [5, 5.41) is 0. The van der Waals surface area contributed by atoms with Crippen LogP contribution in [0.5, 0.6) is 0 Å². The second kappa shape index (κ2) is 4.69. The first kappa shape index (κ1) is 10.6. The van der Waals surface area contributed by atoms with E-state index in [0.717, 1.165) is 6.29 Å². The van der Waals surface area contributed by atoms with Crippen LogP contribution in [0.2, 0.25) is 0 Å². The van der Waals surface area contributed by atoms with E-state index in [4.69, 9.17) is 14.2 Å². The van der Waals surface area contributed by atoms with Crippen molar-refractivity contribution in [3.05, 3.63) is 0 Å². The first-order valence-corrected chi connectivity index (χ1v) is 4.48. The van der Waals surface area contributed by atoms with E-state index in [1.54, 1.807) is 0 Å². The minimum absolute atomic E-state index is 0.00417. The third kappa shape index (κ3) is 3.06. The van der Waals surface area contributed by atoms with Crippen LogP contribution in [0.1, 0.15) is 13.8 Å². The van der Waals surface area contributed by atoms with Crippen LogP contribution in [-0.4, -0.2) is 44.4 Å². The maximum atomic E-state index is 10.9. The third-order valence-corrected chi connectivity index (χ3v) is 1.75. The molecule has 0 unspecified atom stereocenters. The summed E-state index contributed by atoms with van der Waals surface area (Å²) in [6, 6.07) is 0. The van der Waals surface area contributed by atoms with E-state index in [9.17, 15) is 4.79 Å². The predicted octanol–water partition coefficient (Wildman–Crippen LogP) is 0.396. The zero-order valence-corrected chi connectivity index (χ0v) is 8.12. The summed E-state index contributed by atoms with van der Waals surface area (Å²) in [5.74, 6) is 0. The molecule has 0 aromatic heterocycles. The van der Waals surface area contributed by atoms with Crippen LogP contribution in [0.3, 0.4) is 0 Å². The summed E-state index contributed by atoms with van der Waals surface area (Å²) >= 11 is 0. The highest BCUT2D eigenvalue weighted by atomic mass is 16.6. The van der Waals surface area contributed by atoms with Gasteiger partial charge >= 0.3 is 0 Å². The molecule has 0 N–H and O–H groups in total. The molecular formula is C9H16O4. The fourth-order valence-corrected chi connectivity index (χ4v) is 1.28. The third-order valence-electron chi connectivity index (χ3n) is 1.75. The minimum atomic E-state index is -0.898. The quantitative estimate of drug-likeness (QED) is 0.601. The number of carbonyl (C=O) groups is 1. The average Bonchev–Trinajstić information content (AvgIpc) is 2.30. The van der Waals surface area contributed by atoms with Gasteiger partial charge in [-0.1, -0.05) is 0 Å². The lowest BCUT2D eigenvalue weighted by Crippen LogP contribution is -2.44. The van der Waals surface area contributed by atoms with Crippen LogP contribution >= 0.6 is 0 Å². The van der Waals surface area contributed by atoms with Gasteiger partial charge in [-0.15, -0.1) is 0 Å². The minimum Gasteiger partial charge on any atom is -0.375 e. The Labute approximate surface area is 78.2 Å². The van der Waals surface area contributed by atoms with Crippen molar-refractivity contribution in [3.8, 4) is 0 Å². The van der Waals surface area contributed by atoms with Crippen LogP contribution in [0.4, 0.5) is 0 Å². The number of hydrogen-bond donors (Lipinski definition) is 0. The number of aldehydes is 1. The van der Waals surface area contributed by atoms with E-state index in [-0.39, 0.29) is 19.3 Å². The molecule has 0 radical (unpaired) electrons. The zero-order valence-electron chi connectivity index (χ0n) is 8.12. The lowest BCUT2D eigenvalue weighted by atomic mass is 10.1. The van der Waals surface area contributed by atoms with Crippen molar-refractivity contribution in [1.29, 1.82) is 0 Å². The number of carbonyl (C=O) groups excluding carboxylic acids is 1. The van der Waals surface area contributed by atoms with Gasteiger partial charge in [0.1, 0.15) is 0 Å². The molecule has 0 amide bonds. The maximum absolute atomic E-state index is 10.9. The Balaban J connectivity index is 2.59. The molecule has 1 saturated heterocycles. The van der Waals surface area contributed by atoms with Gasteiger partial charge in [0.15, 0.2) is 11.9 Å². The molecule has 0 spiro atoms. The van der Waals surface area contributed by atoms with E-state index in [2.05, 4.69) is 0 Å². The largest absolute Gasteiger partial charge is 0.375 e. The molecule has 0 aromatic rings. The first-order chi connectivity index (χ1) is 6.18. The molecule has 1 heterocycles. The van der Waals surface area contributed by atoms with Gasteiger partial charge in [0.05, 0.1) is 32.5 Å². The molecule has 1 aliphatic heterocycles. The van der Waals surface area contributed by atoms with Gasteiger partial charge in [-0.25, -0.2) is 0 Å². The lowest BCUT2D eigenvalue weighted by Gasteiger charge is -2.27. The normalized spacial score (nSPS) is 22.7. The molecule has 1 rings (SSSR count). The number of ether oxygens (including phenoxy) is 3. The van der Waals surface area contributed by atoms with E-state index >= 15 is 0 Å². The van der Waals surface area contributed by atoms with Crippen LogP contribution in [0, 0.1) is 0 Å². The Morgan fingerprint density at radius 1 is 1.31 bits per heavy atom. The summed E-state index contributed by atoms with van der Waals surface area (Å²) < 4.78 is 15.9. The van der Waals surface area contributed by atoms with Crippen molar-refractivity contribution < 1.29 is 19.0 Å². The molecule has 0 atom stereocenters. The topological polar surface area (TPSA) is 44.8 Å². The fourth-order valence-electron chi connectivity index (χ4n) is 1.28. The molecule has 0 aromatic carbocycles. The van der Waals surface area contributed by atoms with Crippen LogP contribution < -0.4 is 0 Å². The highest BCUT2D eigenvalue weighted by Crippen LogP contribution is 2.15. The first-order valence-electron chi connectivity index (χ1n) is 4.48. The van der Waals surface area contributed by atoms with Crippen LogP contribution in [0.15, 0.2) is 0 Å². The van der Waals surface area contributed by atoms with Crippen LogP contribution in [0.25, 0.3) is 0 Å². The van der Waals surface area contributed by atoms with Gasteiger partial charge in [0.25, 0.3) is 0 Å². The Hall–Kier alpha value is -0.450. The van der Waals surface area contributed by atoms with E-state index in [0.29, 0.717) is 13.2 Å². The van der Waals surface area contributed by atoms with Gasteiger partial charge in [-0.05, 0) is 13.8 Å². The molecule has 0 bridgehead atoms. The van der Waals surface area contributed by atoms with Gasteiger partial charge in [-0.3, -0.25) is 4.79 Å². The highest BCUT2D eigenvalue weighted by Gasteiger charge is 2.34. The van der Waals surface area contributed by atoms with E-state index < -0.39 is 5.60 Å². The van der Waals surface area contributed by atoms with Gasteiger partial charge in [0, 0.05) is 0 Å².